The van der Waals surface area contributed by atoms with E-state index >= 15 is 0 Å². The van der Waals surface area contributed by atoms with Gasteiger partial charge in [0.2, 0.25) is 0 Å². The van der Waals surface area contributed by atoms with Gasteiger partial charge in [-0.1, -0.05) is 37.6 Å². The molecule has 3 aromatic carbocycles. The number of hydrogen-bond donors (Lipinski definition) is 3. The number of benzene rings is 3. The van der Waals surface area contributed by atoms with Crippen molar-refractivity contribution in [3.63, 3.8) is 0 Å². The van der Waals surface area contributed by atoms with Gasteiger partial charge in [0.05, 0.1) is 6.61 Å². The van der Waals surface area contributed by atoms with Gasteiger partial charge in [-0.2, -0.15) is 0 Å². The highest BCUT2D eigenvalue weighted by molar-refractivity contribution is 6.16. The number of unbranched alkanes of at least 4 members (excludes halogenated alkanes) is 1. The summed E-state index contributed by atoms with van der Waals surface area (Å²) in [6.45, 7) is 2.76. The number of H-pyrrole nitrogens is 1. The number of ether oxygens (including phenoxy) is 1. The number of rotatable bonds is 9. The molecule has 0 unspecified atom stereocenters. The van der Waals surface area contributed by atoms with Crippen molar-refractivity contribution in [2.75, 3.05) is 17.2 Å². The summed E-state index contributed by atoms with van der Waals surface area (Å²) in [5, 5.41) is 6.21. The molecule has 0 aliphatic carbocycles. The van der Waals surface area contributed by atoms with Crippen molar-refractivity contribution in [1.82, 2.24) is 9.97 Å². The lowest BCUT2D eigenvalue weighted by Gasteiger charge is -2.10. The maximum absolute atomic E-state index is 13.4. The lowest BCUT2D eigenvalue weighted by molar-refractivity contribution is 0.104. The van der Waals surface area contributed by atoms with Crippen LogP contribution in [0.3, 0.4) is 0 Å². The van der Waals surface area contributed by atoms with Crippen molar-refractivity contribution in [2.45, 2.75) is 19.8 Å². The Morgan fingerprint density at radius 2 is 1.69 bits per heavy atom. The van der Waals surface area contributed by atoms with Crippen LogP contribution in [-0.2, 0) is 0 Å². The molecule has 0 bridgehead atoms. The van der Waals surface area contributed by atoms with E-state index in [0.717, 1.165) is 29.7 Å². The van der Waals surface area contributed by atoms with Gasteiger partial charge in [0.15, 0.2) is 5.78 Å². The van der Waals surface area contributed by atoms with E-state index in [9.17, 15) is 14.0 Å². The molecule has 5 rings (SSSR count). The van der Waals surface area contributed by atoms with Crippen LogP contribution < -0.4 is 15.4 Å². The molecular weight excluding hydrogens is 495 g/mol. The quantitative estimate of drug-likeness (QED) is 0.139. The molecule has 0 aliphatic heterocycles. The number of carbonyl (C=O) groups excluding carboxylic acids is 2. The Bertz CT molecular complexity index is 1610. The summed E-state index contributed by atoms with van der Waals surface area (Å²) in [5.74, 6) is 0.206. The van der Waals surface area contributed by atoms with Gasteiger partial charge in [-0.15, -0.1) is 0 Å². The summed E-state index contributed by atoms with van der Waals surface area (Å²) in [6.07, 6.45) is 5.34. The molecule has 0 spiro atoms. The van der Waals surface area contributed by atoms with Crippen LogP contribution >= 0.6 is 0 Å². The first-order valence-electron chi connectivity index (χ1n) is 12.7. The lowest BCUT2D eigenvalue weighted by atomic mass is 10.0. The Hall–Kier alpha value is -4.98. The van der Waals surface area contributed by atoms with Crippen molar-refractivity contribution in [3.05, 3.63) is 108 Å². The van der Waals surface area contributed by atoms with Gasteiger partial charge in [-0.05, 0) is 66.6 Å². The Morgan fingerprint density at radius 1 is 0.923 bits per heavy atom. The average Bonchev–Trinajstić information content (AvgIpc) is 3.37. The van der Waals surface area contributed by atoms with E-state index in [-0.39, 0.29) is 11.6 Å². The number of nitrogens with one attached hydrogen (secondary N) is 3. The predicted octanol–water partition coefficient (Wildman–Crippen LogP) is 7.42. The molecule has 7 nitrogen and oxygen atoms in total. The van der Waals surface area contributed by atoms with Crippen LogP contribution in [0, 0.1) is 5.82 Å². The largest absolute Gasteiger partial charge is 0.494 e. The number of ketones is 1. The smallest absolute Gasteiger partial charge is 0.323 e. The van der Waals surface area contributed by atoms with E-state index in [1.807, 2.05) is 18.2 Å². The normalized spacial score (nSPS) is 10.8. The number of amides is 2. The second kappa shape index (κ2) is 11.6. The molecule has 0 atom stereocenters. The first kappa shape index (κ1) is 25.7. The molecular formula is C31H27FN4O3. The van der Waals surface area contributed by atoms with Crippen molar-refractivity contribution >= 4 is 34.2 Å². The highest BCUT2D eigenvalue weighted by atomic mass is 19.1. The lowest BCUT2D eigenvalue weighted by Crippen LogP contribution is -2.19. The summed E-state index contributed by atoms with van der Waals surface area (Å²) < 4.78 is 19.0. The molecule has 39 heavy (non-hydrogen) atoms. The summed E-state index contributed by atoms with van der Waals surface area (Å²) >= 11 is 0. The van der Waals surface area contributed by atoms with Gasteiger partial charge in [-0.25, -0.2) is 14.2 Å². The Balaban J connectivity index is 1.29. The van der Waals surface area contributed by atoms with Crippen molar-refractivity contribution in [2.24, 2.45) is 0 Å². The number of hydrogen-bond acceptors (Lipinski definition) is 4. The number of aromatic nitrogens is 2. The van der Waals surface area contributed by atoms with E-state index in [2.05, 4.69) is 27.5 Å². The van der Waals surface area contributed by atoms with Gasteiger partial charge in [-0.3, -0.25) is 4.79 Å². The van der Waals surface area contributed by atoms with Crippen LogP contribution in [0.25, 0.3) is 22.2 Å². The van der Waals surface area contributed by atoms with Crippen molar-refractivity contribution in [1.29, 1.82) is 0 Å². The topological polar surface area (TPSA) is 96.1 Å². The van der Waals surface area contributed by atoms with Gasteiger partial charge in [0.1, 0.15) is 17.2 Å². The van der Waals surface area contributed by atoms with E-state index in [1.54, 1.807) is 60.9 Å². The van der Waals surface area contributed by atoms with Crippen molar-refractivity contribution < 1.29 is 18.7 Å². The standard InChI is InChI=1S/C31H27FN4O3/c1-2-3-15-39-26-13-11-24(12-14-26)35-31(38)36-25-6-4-5-21(16-25)29(37)28-19-34-30-27(28)17-22(18-33-30)20-7-9-23(32)10-8-20/h4-14,16-19H,2-3,15H2,1H3,(H,33,34)(H2,35,36,38). The zero-order valence-corrected chi connectivity index (χ0v) is 21.3. The molecule has 2 heterocycles. The molecule has 8 heteroatoms. The predicted molar refractivity (Wildman–Crippen MR) is 151 cm³/mol. The van der Waals surface area contributed by atoms with Gasteiger partial charge in [0, 0.05) is 45.8 Å². The molecule has 0 aliphatic rings. The zero-order valence-electron chi connectivity index (χ0n) is 21.3. The number of aromatic amines is 1. The number of fused-ring (bicyclic) bond motifs is 1. The Labute approximate surface area is 225 Å². The van der Waals surface area contributed by atoms with Crippen LogP contribution in [0.1, 0.15) is 35.7 Å². The van der Waals surface area contributed by atoms with Gasteiger partial charge in [0.25, 0.3) is 0 Å². The monoisotopic (exact) mass is 522 g/mol. The van der Waals surface area contributed by atoms with E-state index in [4.69, 9.17) is 4.74 Å². The Kier molecular flexibility index (Phi) is 7.63. The molecule has 0 saturated carbocycles. The first-order chi connectivity index (χ1) is 19.0. The zero-order chi connectivity index (χ0) is 27.2. The highest BCUT2D eigenvalue weighted by Crippen LogP contribution is 2.27. The molecule has 2 amide bonds. The Morgan fingerprint density at radius 3 is 2.46 bits per heavy atom. The van der Waals surface area contributed by atoms with Crippen LogP contribution in [0.5, 0.6) is 5.75 Å². The second-order valence-electron chi connectivity index (χ2n) is 9.04. The summed E-state index contributed by atoms with van der Waals surface area (Å²) in [6, 6.07) is 21.4. The van der Waals surface area contributed by atoms with Crippen LogP contribution in [0.4, 0.5) is 20.6 Å². The van der Waals surface area contributed by atoms with E-state index in [0.29, 0.717) is 40.1 Å². The van der Waals surface area contributed by atoms with Crippen LogP contribution in [-0.4, -0.2) is 28.4 Å². The molecule has 0 radical (unpaired) electrons. The number of pyridine rings is 1. The molecule has 3 N–H and O–H groups in total. The van der Waals surface area contributed by atoms with Crippen LogP contribution in [0.2, 0.25) is 0 Å². The third-order valence-corrected chi connectivity index (χ3v) is 6.21. The SMILES string of the molecule is CCCCOc1ccc(NC(=O)Nc2cccc(C(=O)c3c[nH]c4ncc(-c5ccc(F)cc5)cc34)c2)cc1. The summed E-state index contributed by atoms with van der Waals surface area (Å²) in [7, 11) is 0. The maximum Gasteiger partial charge on any atom is 0.323 e. The fourth-order valence-electron chi connectivity index (χ4n) is 4.15. The third-order valence-electron chi connectivity index (χ3n) is 6.21. The first-order valence-corrected chi connectivity index (χ1v) is 12.7. The average molecular weight is 523 g/mol. The molecule has 0 fully saturated rings. The number of anilines is 2. The van der Waals surface area contributed by atoms with Crippen LogP contribution in [0.15, 0.2) is 91.3 Å². The molecule has 196 valence electrons. The molecule has 5 aromatic rings. The van der Waals surface area contributed by atoms with Gasteiger partial charge >= 0.3 is 6.03 Å². The van der Waals surface area contributed by atoms with E-state index < -0.39 is 6.03 Å². The maximum atomic E-state index is 13.4. The number of nitrogens with zero attached hydrogens (tertiary/aromatic N) is 1. The number of carbonyl (C=O) groups is 2. The molecule has 2 aromatic heterocycles. The fourth-order valence-corrected chi connectivity index (χ4v) is 4.15. The summed E-state index contributed by atoms with van der Waals surface area (Å²) in [4.78, 5) is 33.5. The second-order valence-corrected chi connectivity index (χ2v) is 9.04. The van der Waals surface area contributed by atoms with E-state index in [1.165, 1.54) is 12.1 Å². The number of halogens is 1. The minimum absolute atomic E-state index is 0.220. The summed E-state index contributed by atoms with van der Waals surface area (Å²) in [5.41, 5.74) is 4.08. The number of urea groups is 1. The highest BCUT2D eigenvalue weighted by Gasteiger charge is 2.17. The minimum Gasteiger partial charge on any atom is -0.494 e. The minimum atomic E-state index is -0.431. The third kappa shape index (κ3) is 6.13. The molecule has 0 saturated heterocycles. The van der Waals surface area contributed by atoms with Crippen molar-refractivity contribution in [3.8, 4) is 16.9 Å². The van der Waals surface area contributed by atoms with Gasteiger partial charge < -0.3 is 20.4 Å². The fraction of sp³-hybridized carbons (Fsp3) is 0.129.